The summed E-state index contributed by atoms with van der Waals surface area (Å²) >= 11 is 0. The van der Waals surface area contributed by atoms with Gasteiger partial charge in [0.15, 0.2) is 0 Å². The Bertz CT molecular complexity index is 1570. The summed E-state index contributed by atoms with van der Waals surface area (Å²) in [6.07, 6.45) is 3.54. The molecule has 282 valence electrons. The van der Waals surface area contributed by atoms with Crippen LogP contribution in [0.1, 0.15) is 38.8 Å². The molecule has 3 aromatic heterocycles. The number of benzene rings is 1. The van der Waals surface area contributed by atoms with Crippen molar-refractivity contribution >= 4 is 26.3 Å². The number of rotatable bonds is 6. The van der Waals surface area contributed by atoms with E-state index in [9.17, 15) is 34.5 Å². The molecule has 0 saturated carbocycles. The van der Waals surface area contributed by atoms with Crippen LogP contribution in [0.5, 0.6) is 0 Å². The number of pyridine rings is 3. The van der Waals surface area contributed by atoms with Crippen molar-refractivity contribution in [1.82, 2.24) is 15.0 Å². The zero-order valence-electron chi connectivity index (χ0n) is 28.5. The number of ether oxygens (including phenoxy) is 2. The zero-order valence-corrected chi connectivity index (χ0v) is 30.2. The van der Waals surface area contributed by atoms with E-state index in [1.165, 1.54) is 0 Å². The van der Waals surface area contributed by atoms with Crippen molar-refractivity contribution in [3.63, 3.8) is 0 Å². The molecule has 2 aliphatic heterocycles. The first kappa shape index (κ1) is 45.8. The number of aliphatic imine (C=N–C) groups is 2. The molecular weight excluding hydrogens is 789 g/mol. The molecule has 5 heterocycles. The van der Waals surface area contributed by atoms with Crippen LogP contribution in [0.15, 0.2) is 101 Å². The molecule has 6 rings (SSSR count). The minimum absolute atomic E-state index is 0. The van der Waals surface area contributed by atoms with Crippen LogP contribution in [0.3, 0.4) is 0 Å². The van der Waals surface area contributed by atoms with Gasteiger partial charge in [-0.05, 0) is 60.4 Å². The van der Waals surface area contributed by atoms with E-state index in [1.54, 1.807) is 12.4 Å². The second kappa shape index (κ2) is 21.3. The summed E-state index contributed by atoms with van der Waals surface area (Å²) in [7, 11) is -12.0. The Hall–Kier alpha value is -4.24. The van der Waals surface area contributed by atoms with Gasteiger partial charge in [-0.2, -0.15) is 0 Å². The summed E-state index contributed by atoms with van der Waals surface area (Å²) in [5.41, 5.74) is 5.42. The van der Waals surface area contributed by atoms with E-state index in [4.69, 9.17) is 19.5 Å². The topological polar surface area (TPSA) is 113 Å². The Morgan fingerprint density at radius 2 is 0.865 bits per heavy atom. The van der Waals surface area contributed by atoms with Gasteiger partial charge in [-0.3, -0.25) is 9.97 Å². The first-order chi connectivity index (χ1) is 23.5. The van der Waals surface area contributed by atoms with Crippen molar-refractivity contribution in [3.8, 4) is 22.8 Å². The van der Waals surface area contributed by atoms with Crippen LogP contribution in [-0.2, 0) is 29.0 Å². The minimum Gasteiger partial charge on any atom is -0.475 e. The van der Waals surface area contributed by atoms with E-state index in [1.807, 2.05) is 78.9 Å². The maximum absolute atomic E-state index is 9.75. The average molecular weight is 826 g/mol. The van der Waals surface area contributed by atoms with Crippen molar-refractivity contribution in [2.24, 2.45) is 21.8 Å². The van der Waals surface area contributed by atoms with E-state index < -0.39 is 14.5 Å². The Balaban J connectivity index is 0.000000405. The summed E-state index contributed by atoms with van der Waals surface area (Å²) < 4.78 is 89.7. The molecule has 19 heteroatoms. The van der Waals surface area contributed by atoms with Crippen molar-refractivity contribution < 1.29 is 69.0 Å². The van der Waals surface area contributed by atoms with E-state index in [-0.39, 0.29) is 37.0 Å². The summed E-state index contributed by atoms with van der Waals surface area (Å²) in [5.74, 6) is 2.40. The van der Waals surface area contributed by atoms with Crippen molar-refractivity contribution in [2.75, 3.05) is 13.2 Å². The molecule has 0 amide bonds. The van der Waals surface area contributed by atoms with Crippen LogP contribution in [0.4, 0.5) is 34.5 Å². The van der Waals surface area contributed by atoms with Gasteiger partial charge in [0, 0.05) is 23.5 Å². The minimum atomic E-state index is -6.00. The molecular formula is C33H37B2F8N5O3Ru. The first-order valence-electron chi connectivity index (χ1n) is 15.5. The Kier molecular flexibility index (Phi) is 18.8. The normalized spacial score (nSPS) is 16.1. The third kappa shape index (κ3) is 16.4. The van der Waals surface area contributed by atoms with Gasteiger partial charge in [-0.15, -0.1) is 0 Å². The van der Waals surface area contributed by atoms with Gasteiger partial charge in [0.2, 0.25) is 11.8 Å². The molecule has 2 aliphatic rings. The summed E-state index contributed by atoms with van der Waals surface area (Å²) in [6.45, 7) is 9.99. The van der Waals surface area contributed by atoms with Crippen molar-refractivity contribution in [2.45, 2.75) is 39.8 Å². The SMILES string of the molecule is CC(C)[C@H]1COC(c2ccccc2C2=N[C@@H](C(C)C)CO2)=N1.F[B-](F)(F)F.F[B-](F)(F)F.O.[Ru+2].c1ccc(-c2cccc(-c3ccccn3)n2)nc1. The molecule has 1 aromatic carbocycles. The van der Waals surface area contributed by atoms with Gasteiger partial charge < -0.3 is 49.5 Å². The maximum Gasteiger partial charge on any atom is 2.00 e. The standard InChI is InChI=1S/C18H24N2O2.C15H11N3.2BF4.H2O.Ru/c1-11(2)15-9-21-17(19-15)13-7-5-6-8-14(13)18-20-16(10-22-18)12(3)4;1-3-10-16-12(6-1)14-8-5-9-15(18-14)13-7-2-4-11-17-13;2*2-1(3,4)5;;/h5-8,11-12,15-16H,9-10H2,1-4H3;1-11H;;;1H2;/q;;2*-1;;+2/t15-,16-;;;;;/m1...../s1. The summed E-state index contributed by atoms with van der Waals surface area (Å²) in [5, 5.41) is 0. The number of hydrogen-bond acceptors (Lipinski definition) is 7. The molecule has 52 heavy (non-hydrogen) atoms. The Labute approximate surface area is 309 Å². The molecule has 0 aliphatic carbocycles. The fraction of sp³-hybridized carbons (Fsp3) is 0.303. The quantitative estimate of drug-likeness (QED) is 0.144. The average Bonchev–Trinajstić information content (AvgIpc) is 3.76. The zero-order chi connectivity index (χ0) is 36.9. The number of nitrogens with zero attached hydrogens (tertiary/aromatic N) is 5. The molecule has 0 saturated heterocycles. The van der Waals surface area contributed by atoms with E-state index in [0.29, 0.717) is 36.8 Å². The predicted molar refractivity (Wildman–Crippen MR) is 183 cm³/mol. The third-order valence-electron chi connectivity index (χ3n) is 6.88. The summed E-state index contributed by atoms with van der Waals surface area (Å²) in [4.78, 5) is 22.6. The van der Waals surface area contributed by atoms with Crippen molar-refractivity contribution in [1.29, 1.82) is 0 Å². The Morgan fingerprint density at radius 1 is 0.538 bits per heavy atom. The molecule has 0 unspecified atom stereocenters. The molecule has 0 fully saturated rings. The molecule has 0 radical (unpaired) electrons. The maximum atomic E-state index is 9.75. The largest absolute Gasteiger partial charge is 2.00 e. The molecule has 8 nitrogen and oxygen atoms in total. The molecule has 2 N–H and O–H groups in total. The number of hydrogen-bond donors (Lipinski definition) is 0. The van der Waals surface area contributed by atoms with Gasteiger partial charge in [-0.1, -0.05) is 58.0 Å². The van der Waals surface area contributed by atoms with E-state index in [2.05, 4.69) is 42.6 Å². The van der Waals surface area contributed by atoms with Crippen LogP contribution in [0.2, 0.25) is 0 Å². The van der Waals surface area contributed by atoms with Gasteiger partial charge >= 0.3 is 34.0 Å². The molecule has 0 spiro atoms. The van der Waals surface area contributed by atoms with Gasteiger partial charge in [0.05, 0.1) is 34.9 Å². The molecule has 4 aromatic rings. The van der Waals surface area contributed by atoms with Crippen LogP contribution >= 0.6 is 0 Å². The van der Waals surface area contributed by atoms with E-state index >= 15 is 0 Å². The van der Waals surface area contributed by atoms with Gasteiger partial charge in [-0.25, -0.2) is 15.0 Å². The predicted octanol–water partition coefficient (Wildman–Crippen LogP) is 8.27. The number of aromatic nitrogens is 3. The first-order valence-corrected chi connectivity index (χ1v) is 15.5. The second-order valence-corrected chi connectivity index (χ2v) is 11.5. The van der Waals surface area contributed by atoms with Gasteiger partial charge in [0.1, 0.15) is 13.2 Å². The molecule has 0 bridgehead atoms. The molecule has 2 atom stereocenters. The fourth-order valence-corrected chi connectivity index (χ4v) is 4.36. The van der Waals surface area contributed by atoms with Crippen LogP contribution < -0.4 is 0 Å². The fourth-order valence-electron chi connectivity index (χ4n) is 4.36. The summed E-state index contributed by atoms with van der Waals surface area (Å²) in [6, 6.07) is 26.0. The number of halogens is 8. The van der Waals surface area contributed by atoms with Gasteiger partial charge in [0.25, 0.3) is 0 Å². The van der Waals surface area contributed by atoms with E-state index in [0.717, 1.165) is 33.9 Å². The van der Waals surface area contributed by atoms with Crippen LogP contribution in [0.25, 0.3) is 22.8 Å². The van der Waals surface area contributed by atoms with Crippen LogP contribution in [0, 0.1) is 11.8 Å². The Morgan fingerprint density at radius 3 is 1.15 bits per heavy atom. The van der Waals surface area contributed by atoms with Crippen LogP contribution in [-0.4, -0.2) is 72.0 Å². The second-order valence-electron chi connectivity index (χ2n) is 11.5. The smallest absolute Gasteiger partial charge is 0.475 e. The van der Waals surface area contributed by atoms with Crippen molar-refractivity contribution in [3.05, 3.63) is 102 Å². The third-order valence-corrected chi connectivity index (χ3v) is 6.88. The monoisotopic (exact) mass is 827 g/mol.